The Bertz CT molecular complexity index is 362. The maximum Gasteiger partial charge on any atom is 0.295 e. The minimum Gasteiger partial charge on any atom is -0.265 e. The summed E-state index contributed by atoms with van der Waals surface area (Å²) in [6.07, 6.45) is 0. The number of alkyl halides is 1. The third kappa shape index (κ3) is 1.08. The van der Waals surface area contributed by atoms with Gasteiger partial charge in [0.05, 0.1) is 0 Å². The van der Waals surface area contributed by atoms with Gasteiger partial charge in [0.25, 0.3) is 5.91 Å². The van der Waals surface area contributed by atoms with Gasteiger partial charge < -0.3 is 0 Å². The van der Waals surface area contributed by atoms with E-state index in [9.17, 15) is 4.79 Å². The second-order valence-electron chi connectivity index (χ2n) is 2.44. The summed E-state index contributed by atoms with van der Waals surface area (Å²) < 4.78 is 0. The normalized spacial score (nSPS) is 20.8. The predicted octanol–water partition coefficient (Wildman–Crippen LogP) is 2.69. The van der Waals surface area contributed by atoms with Crippen LogP contribution in [0.4, 0.5) is 0 Å². The third-order valence-electron chi connectivity index (χ3n) is 1.70. The molecule has 1 atom stereocenters. The number of halogens is 1. The largest absolute Gasteiger partial charge is 0.295 e. The van der Waals surface area contributed by atoms with E-state index < -0.39 is 0 Å². The van der Waals surface area contributed by atoms with E-state index in [2.05, 4.69) is 26.2 Å². The fourth-order valence-electron chi connectivity index (χ4n) is 1.12. The van der Waals surface area contributed by atoms with E-state index in [4.69, 9.17) is 0 Å². The Hall–Kier alpha value is -1.03. The maximum absolute atomic E-state index is 11.1. The zero-order valence-corrected chi connectivity index (χ0v) is 7.65. The molecule has 1 aromatic carbocycles. The van der Waals surface area contributed by atoms with Crippen molar-refractivity contribution in [2.45, 2.75) is 4.95 Å². The monoisotopic (exact) mass is 224 g/mol. The number of fused-ring (bicyclic) bond motifs is 1. The van der Waals surface area contributed by atoms with Crippen LogP contribution in [0.2, 0.25) is 0 Å². The van der Waals surface area contributed by atoms with Crippen molar-refractivity contribution in [3.8, 4) is 0 Å². The average Bonchev–Trinajstić information content (AvgIpc) is 2.12. The smallest absolute Gasteiger partial charge is 0.265 e. The molecule has 0 N–H and O–H groups in total. The summed E-state index contributed by atoms with van der Waals surface area (Å²) in [5, 5.41) is 7.24. The zero-order chi connectivity index (χ0) is 8.55. The van der Waals surface area contributed by atoms with Gasteiger partial charge in [-0.05, 0) is 6.07 Å². The van der Waals surface area contributed by atoms with Crippen LogP contribution in [-0.2, 0) is 0 Å². The second kappa shape index (κ2) is 2.79. The van der Waals surface area contributed by atoms with Gasteiger partial charge in [-0.2, -0.15) is 5.11 Å². The first-order valence-electron chi connectivity index (χ1n) is 3.47. The molecule has 0 fully saturated rings. The van der Waals surface area contributed by atoms with Crippen molar-refractivity contribution in [1.29, 1.82) is 0 Å². The lowest BCUT2D eigenvalue weighted by atomic mass is 10.1. The quantitative estimate of drug-likeness (QED) is 0.494. The van der Waals surface area contributed by atoms with Crippen LogP contribution in [0, 0.1) is 0 Å². The molecule has 1 aliphatic heterocycles. The molecule has 0 spiro atoms. The Labute approximate surface area is 77.6 Å². The van der Waals surface area contributed by atoms with Crippen LogP contribution in [0.3, 0.4) is 0 Å². The zero-order valence-electron chi connectivity index (χ0n) is 6.07. The molecule has 1 amide bonds. The van der Waals surface area contributed by atoms with E-state index >= 15 is 0 Å². The lowest BCUT2D eigenvalue weighted by Gasteiger charge is -2.11. The van der Waals surface area contributed by atoms with E-state index in [0.717, 1.165) is 5.56 Å². The van der Waals surface area contributed by atoms with E-state index in [1.54, 1.807) is 6.07 Å². The first-order valence-corrected chi connectivity index (χ1v) is 4.39. The first kappa shape index (κ1) is 7.61. The van der Waals surface area contributed by atoms with Gasteiger partial charge >= 0.3 is 0 Å². The molecule has 2 rings (SSSR count). The standard InChI is InChI=1S/C8H5BrN2O/c9-7-5-3-1-2-4-6(5)8(12)11-10-7/h1-4,7H. The Morgan fingerprint density at radius 1 is 1.33 bits per heavy atom. The Morgan fingerprint density at radius 3 is 2.83 bits per heavy atom. The highest BCUT2D eigenvalue weighted by atomic mass is 79.9. The highest BCUT2D eigenvalue weighted by Gasteiger charge is 2.20. The Balaban J connectivity index is 2.61. The van der Waals surface area contributed by atoms with Crippen LogP contribution in [-0.4, -0.2) is 5.91 Å². The molecular formula is C8H5BrN2O. The highest BCUT2D eigenvalue weighted by Crippen LogP contribution is 2.31. The van der Waals surface area contributed by atoms with Gasteiger partial charge in [-0.25, -0.2) is 0 Å². The van der Waals surface area contributed by atoms with Gasteiger partial charge in [-0.15, -0.1) is 5.11 Å². The lowest BCUT2D eigenvalue weighted by Crippen LogP contribution is -2.05. The number of azo groups is 1. The summed E-state index contributed by atoms with van der Waals surface area (Å²) >= 11 is 3.30. The van der Waals surface area contributed by atoms with Crippen molar-refractivity contribution in [2.75, 3.05) is 0 Å². The Morgan fingerprint density at radius 2 is 2.08 bits per heavy atom. The predicted molar refractivity (Wildman–Crippen MR) is 47.3 cm³/mol. The van der Waals surface area contributed by atoms with Crippen molar-refractivity contribution in [1.82, 2.24) is 0 Å². The molecule has 0 radical (unpaired) electrons. The van der Waals surface area contributed by atoms with Crippen molar-refractivity contribution >= 4 is 21.8 Å². The number of carbonyl (C=O) groups is 1. The molecule has 1 aliphatic rings. The Kier molecular flexibility index (Phi) is 1.77. The summed E-state index contributed by atoms with van der Waals surface area (Å²) in [5.74, 6) is -0.263. The van der Waals surface area contributed by atoms with Crippen LogP contribution in [0.25, 0.3) is 0 Å². The third-order valence-corrected chi connectivity index (χ3v) is 2.37. The van der Waals surface area contributed by atoms with Crippen molar-refractivity contribution in [2.24, 2.45) is 10.2 Å². The van der Waals surface area contributed by atoms with E-state index in [0.29, 0.717) is 5.56 Å². The van der Waals surface area contributed by atoms with E-state index in [1.807, 2.05) is 18.2 Å². The van der Waals surface area contributed by atoms with Crippen molar-refractivity contribution in [3.63, 3.8) is 0 Å². The van der Waals surface area contributed by atoms with Crippen LogP contribution >= 0.6 is 15.9 Å². The van der Waals surface area contributed by atoms with E-state index in [-0.39, 0.29) is 10.9 Å². The van der Waals surface area contributed by atoms with Crippen molar-refractivity contribution < 1.29 is 4.79 Å². The van der Waals surface area contributed by atoms with E-state index in [1.165, 1.54) is 0 Å². The number of benzene rings is 1. The number of hydrogen-bond acceptors (Lipinski definition) is 2. The summed E-state index contributed by atoms with van der Waals surface area (Å²) in [4.78, 5) is 11.0. The molecule has 1 aromatic rings. The van der Waals surface area contributed by atoms with Crippen LogP contribution < -0.4 is 0 Å². The maximum atomic E-state index is 11.1. The highest BCUT2D eigenvalue weighted by molar-refractivity contribution is 9.09. The molecule has 0 aliphatic carbocycles. The van der Waals surface area contributed by atoms with Gasteiger partial charge in [-0.1, -0.05) is 34.1 Å². The minimum atomic E-state index is -0.263. The summed E-state index contributed by atoms with van der Waals surface area (Å²) in [5.41, 5.74) is 1.52. The number of amides is 1. The summed E-state index contributed by atoms with van der Waals surface area (Å²) in [7, 11) is 0. The molecule has 3 nitrogen and oxygen atoms in total. The lowest BCUT2D eigenvalue weighted by molar-refractivity contribution is 0.0988. The topological polar surface area (TPSA) is 41.8 Å². The summed E-state index contributed by atoms with van der Waals surface area (Å²) in [6.45, 7) is 0. The number of rotatable bonds is 0. The van der Waals surface area contributed by atoms with Gasteiger partial charge in [-0.3, -0.25) is 4.79 Å². The molecule has 0 saturated heterocycles. The molecule has 4 heteroatoms. The molecule has 1 unspecified atom stereocenters. The molecule has 0 saturated carbocycles. The number of hydrogen-bond donors (Lipinski definition) is 0. The molecule has 60 valence electrons. The van der Waals surface area contributed by atoms with Crippen molar-refractivity contribution in [3.05, 3.63) is 35.4 Å². The SMILES string of the molecule is O=C1N=NC(Br)c2ccccc21. The minimum absolute atomic E-state index is 0.175. The van der Waals surface area contributed by atoms with Crippen LogP contribution in [0.5, 0.6) is 0 Å². The molecule has 12 heavy (non-hydrogen) atoms. The average molecular weight is 225 g/mol. The molecule has 1 heterocycles. The number of carbonyl (C=O) groups excluding carboxylic acids is 1. The van der Waals surface area contributed by atoms with Gasteiger partial charge in [0.1, 0.15) is 0 Å². The van der Waals surface area contributed by atoms with Gasteiger partial charge in [0.2, 0.25) is 0 Å². The fourth-order valence-corrected chi connectivity index (χ4v) is 1.61. The molecular weight excluding hydrogens is 220 g/mol. The van der Waals surface area contributed by atoms with Crippen LogP contribution in [0.1, 0.15) is 20.9 Å². The van der Waals surface area contributed by atoms with Gasteiger partial charge in [0.15, 0.2) is 4.95 Å². The first-order chi connectivity index (χ1) is 5.79. The van der Waals surface area contributed by atoms with Gasteiger partial charge in [0, 0.05) is 11.1 Å². The molecule has 0 bridgehead atoms. The van der Waals surface area contributed by atoms with Crippen LogP contribution in [0.15, 0.2) is 34.5 Å². The fraction of sp³-hybridized carbons (Fsp3) is 0.125. The second-order valence-corrected chi connectivity index (χ2v) is 3.31. The summed E-state index contributed by atoms with van der Waals surface area (Å²) in [6, 6.07) is 7.31. The number of nitrogens with zero attached hydrogens (tertiary/aromatic N) is 2. The molecule has 0 aromatic heterocycles.